The third kappa shape index (κ3) is 4.42. The number of nitrogen functional groups attached to an aromatic ring is 1. The minimum atomic E-state index is -0.521. The zero-order valence-electron chi connectivity index (χ0n) is 17.1. The highest BCUT2D eigenvalue weighted by Gasteiger charge is 2.21. The first-order chi connectivity index (χ1) is 14.9. The van der Waals surface area contributed by atoms with Crippen LogP contribution in [0.3, 0.4) is 0 Å². The van der Waals surface area contributed by atoms with Gasteiger partial charge in [0.05, 0.1) is 19.7 Å². The fourth-order valence-corrected chi connectivity index (χ4v) is 3.35. The summed E-state index contributed by atoms with van der Waals surface area (Å²) in [4.78, 5) is 35.2. The fraction of sp³-hybridized carbons (Fsp3) is 0.316. The minimum absolute atomic E-state index is 0.250. The van der Waals surface area contributed by atoms with Gasteiger partial charge in [0.2, 0.25) is 5.95 Å². The lowest BCUT2D eigenvalue weighted by Crippen LogP contribution is -2.28. The number of primary amides is 1. The minimum Gasteiger partial charge on any atom is -0.493 e. The topological polar surface area (TPSA) is 172 Å². The van der Waals surface area contributed by atoms with Crippen LogP contribution in [0.2, 0.25) is 0 Å². The summed E-state index contributed by atoms with van der Waals surface area (Å²) in [6.07, 6.45) is 2.33. The number of carbonyl (C=O) groups excluding carboxylic acids is 1. The van der Waals surface area contributed by atoms with Crippen LogP contribution in [-0.4, -0.2) is 64.3 Å². The number of ether oxygens (including phenoxy) is 2. The average molecular weight is 429 g/mol. The van der Waals surface area contributed by atoms with E-state index in [0.717, 1.165) is 5.82 Å². The standard InChI is InChI=1S/C18H21N7O3.CH2O2/c1-27-13-7-10-11(8-14(13)28-2)22-18(23-16(10)19)24-4-3-15-21-12(17(20)26)9-25(15)6-5-24;2-1-3/h7-9H,3-6H2,1-2H3,(H2,20,26)(H2,19,22,23);1H,(H,2,3). The lowest BCUT2D eigenvalue weighted by atomic mass is 10.2. The molecule has 3 aromatic rings. The molecule has 5 N–H and O–H groups in total. The molecule has 1 aliphatic heterocycles. The summed E-state index contributed by atoms with van der Waals surface area (Å²) in [5.41, 5.74) is 12.5. The van der Waals surface area contributed by atoms with Crippen molar-refractivity contribution in [3.63, 3.8) is 0 Å². The summed E-state index contributed by atoms with van der Waals surface area (Å²) in [6, 6.07) is 3.56. The van der Waals surface area contributed by atoms with Crippen LogP contribution < -0.4 is 25.8 Å². The highest BCUT2D eigenvalue weighted by Crippen LogP contribution is 2.34. The summed E-state index contributed by atoms with van der Waals surface area (Å²) in [7, 11) is 3.14. The third-order valence-electron chi connectivity index (χ3n) is 4.83. The van der Waals surface area contributed by atoms with E-state index >= 15 is 0 Å². The van der Waals surface area contributed by atoms with Crippen LogP contribution in [0.25, 0.3) is 10.9 Å². The van der Waals surface area contributed by atoms with Gasteiger partial charge < -0.3 is 35.5 Å². The second-order valence-corrected chi connectivity index (χ2v) is 6.58. The van der Waals surface area contributed by atoms with Crippen LogP contribution >= 0.6 is 0 Å². The van der Waals surface area contributed by atoms with Crippen LogP contribution in [0, 0.1) is 0 Å². The molecule has 0 fully saturated rings. The van der Waals surface area contributed by atoms with E-state index in [0.29, 0.717) is 60.2 Å². The molecule has 12 heteroatoms. The number of imidazole rings is 1. The maximum atomic E-state index is 11.3. The van der Waals surface area contributed by atoms with Crippen LogP contribution in [0.15, 0.2) is 18.3 Å². The smallest absolute Gasteiger partial charge is 0.290 e. The predicted molar refractivity (Wildman–Crippen MR) is 112 cm³/mol. The van der Waals surface area contributed by atoms with Crippen molar-refractivity contribution in [1.29, 1.82) is 0 Å². The van der Waals surface area contributed by atoms with E-state index in [-0.39, 0.29) is 12.2 Å². The van der Waals surface area contributed by atoms with Gasteiger partial charge >= 0.3 is 0 Å². The van der Waals surface area contributed by atoms with Gasteiger partial charge in [-0.05, 0) is 6.07 Å². The van der Waals surface area contributed by atoms with Gasteiger partial charge in [0.15, 0.2) is 11.5 Å². The number of nitrogens with two attached hydrogens (primary N) is 2. The van der Waals surface area contributed by atoms with Crippen molar-refractivity contribution >= 4 is 35.0 Å². The molecule has 0 spiro atoms. The largest absolute Gasteiger partial charge is 0.493 e. The normalized spacial score (nSPS) is 12.9. The van der Waals surface area contributed by atoms with Gasteiger partial charge in [0.1, 0.15) is 17.3 Å². The molecular weight excluding hydrogens is 406 g/mol. The van der Waals surface area contributed by atoms with Gasteiger partial charge in [-0.3, -0.25) is 9.59 Å². The highest BCUT2D eigenvalue weighted by molar-refractivity contribution is 5.92. The molecule has 0 saturated heterocycles. The van der Waals surface area contributed by atoms with Gasteiger partial charge in [-0.15, -0.1) is 0 Å². The van der Waals surface area contributed by atoms with Gasteiger partial charge in [-0.1, -0.05) is 0 Å². The molecule has 3 heterocycles. The molecule has 1 aliphatic rings. The first kappa shape index (κ1) is 21.6. The Morgan fingerprint density at radius 1 is 1.13 bits per heavy atom. The highest BCUT2D eigenvalue weighted by atomic mass is 16.5. The Balaban J connectivity index is 0.000000858. The number of aromatic nitrogens is 4. The number of benzene rings is 1. The van der Waals surface area contributed by atoms with Crippen molar-refractivity contribution in [2.45, 2.75) is 13.0 Å². The van der Waals surface area contributed by atoms with Crippen LogP contribution in [-0.2, 0) is 17.8 Å². The van der Waals surface area contributed by atoms with Crippen LogP contribution in [0.4, 0.5) is 11.8 Å². The van der Waals surface area contributed by atoms with Crippen LogP contribution in [0.5, 0.6) is 11.5 Å². The van der Waals surface area contributed by atoms with E-state index < -0.39 is 5.91 Å². The Hall–Kier alpha value is -4.09. The fourth-order valence-electron chi connectivity index (χ4n) is 3.35. The molecule has 1 amide bonds. The van der Waals surface area contributed by atoms with Crippen molar-refractivity contribution in [2.75, 3.05) is 37.9 Å². The van der Waals surface area contributed by atoms with E-state index in [1.807, 2.05) is 9.47 Å². The van der Waals surface area contributed by atoms with E-state index in [1.165, 1.54) is 0 Å². The van der Waals surface area contributed by atoms with E-state index in [9.17, 15) is 4.79 Å². The molecule has 1 aromatic carbocycles. The van der Waals surface area contributed by atoms with Gasteiger partial charge in [0, 0.05) is 43.7 Å². The molecule has 0 atom stereocenters. The molecule has 164 valence electrons. The molecule has 31 heavy (non-hydrogen) atoms. The summed E-state index contributed by atoms with van der Waals surface area (Å²) in [5.74, 6) is 2.36. The number of hydrogen-bond acceptors (Lipinski definition) is 9. The summed E-state index contributed by atoms with van der Waals surface area (Å²) in [6.45, 7) is 1.69. The third-order valence-corrected chi connectivity index (χ3v) is 4.83. The molecule has 12 nitrogen and oxygen atoms in total. The van der Waals surface area contributed by atoms with Crippen molar-refractivity contribution in [3.05, 3.63) is 29.8 Å². The predicted octanol–water partition coefficient (Wildman–Crippen LogP) is 0.288. The number of methoxy groups -OCH3 is 2. The number of carboxylic acid groups (broad SMARTS) is 1. The second kappa shape index (κ2) is 9.15. The van der Waals surface area contributed by atoms with E-state index in [1.54, 1.807) is 32.5 Å². The van der Waals surface area contributed by atoms with Crippen molar-refractivity contribution in [3.8, 4) is 11.5 Å². The van der Waals surface area contributed by atoms with E-state index in [4.69, 9.17) is 30.8 Å². The molecule has 0 unspecified atom stereocenters. The lowest BCUT2D eigenvalue weighted by Gasteiger charge is -2.21. The first-order valence-electron chi connectivity index (χ1n) is 9.29. The van der Waals surface area contributed by atoms with Crippen LogP contribution in [0.1, 0.15) is 16.3 Å². The Morgan fingerprint density at radius 2 is 1.81 bits per heavy atom. The summed E-state index contributed by atoms with van der Waals surface area (Å²) in [5, 5.41) is 7.59. The van der Waals surface area contributed by atoms with Crippen molar-refractivity contribution in [1.82, 2.24) is 19.5 Å². The van der Waals surface area contributed by atoms with Gasteiger partial charge in [0.25, 0.3) is 12.4 Å². The molecule has 0 saturated carbocycles. The molecular formula is C19H23N7O5. The molecule has 0 aliphatic carbocycles. The van der Waals surface area contributed by atoms with E-state index in [2.05, 4.69) is 15.0 Å². The maximum absolute atomic E-state index is 11.3. The number of amides is 1. The zero-order valence-corrected chi connectivity index (χ0v) is 17.1. The number of fused-ring (bicyclic) bond motifs is 2. The monoisotopic (exact) mass is 429 g/mol. The Morgan fingerprint density at radius 3 is 2.45 bits per heavy atom. The maximum Gasteiger partial charge on any atom is 0.290 e. The number of anilines is 2. The Kier molecular flexibility index (Phi) is 6.38. The molecule has 4 rings (SSSR count). The molecule has 2 aromatic heterocycles. The SMILES string of the molecule is COc1cc2nc(N3CCc4nc(C(N)=O)cn4CC3)nc(N)c2cc1OC.O=CO. The molecule has 0 radical (unpaired) electrons. The quantitative estimate of drug-likeness (QED) is 0.489. The number of rotatable bonds is 4. The van der Waals surface area contributed by atoms with Crippen molar-refractivity contribution in [2.24, 2.45) is 5.73 Å². The summed E-state index contributed by atoms with van der Waals surface area (Å²) < 4.78 is 12.6. The first-order valence-corrected chi connectivity index (χ1v) is 9.29. The van der Waals surface area contributed by atoms with Crippen molar-refractivity contribution < 1.29 is 24.2 Å². The molecule has 0 bridgehead atoms. The number of carbonyl (C=O) groups is 2. The lowest BCUT2D eigenvalue weighted by molar-refractivity contribution is -0.122. The number of hydrogen-bond donors (Lipinski definition) is 3. The van der Waals surface area contributed by atoms with Gasteiger partial charge in [-0.2, -0.15) is 4.98 Å². The average Bonchev–Trinajstić information content (AvgIpc) is 3.07. The summed E-state index contributed by atoms with van der Waals surface area (Å²) >= 11 is 0. The Labute approximate surface area is 177 Å². The second-order valence-electron chi connectivity index (χ2n) is 6.58. The number of nitrogens with zero attached hydrogens (tertiary/aromatic N) is 5. The Bertz CT molecular complexity index is 1090. The zero-order chi connectivity index (χ0) is 22.5. The van der Waals surface area contributed by atoms with Gasteiger partial charge in [-0.25, -0.2) is 9.97 Å².